The number of carbonyl (C=O) groups excluding carboxylic acids is 1. The van der Waals surface area contributed by atoms with Crippen molar-refractivity contribution in [2.75, 3.05) is 16.8 Å². The molecule has 0 aliphatic carbocycles. The zero-order valence-electron chi connectivity index (χ0n) is 8.11. The first-order valence-electron chi connectivity index (χ1n) is 4.56. The number of amides is 1. The summed E-state index contributed by atoms with van der Waals surface area (Å²) in [5.74, 6) is 0.135. The summed E-state index contributed by atoms with van der Waals surface area (Å²) in [5.41, 5.74) is 0.911. The van der Waals surface area contributed by atoms with Gasteiger partial charge >= 0.3 is 0 Å². The highest BCUT2D eigenvalue weighted by Gasteiger charge is 2.11. The van der Waals surface area contributed by atoms with E-state index in [0.717, 1.165) is 5.69 Å². The summed E-state index contributed by atoms with van der Waals surface area (Å²) in [5, 5.41) is 0.702. The van der Waals surface area contributed by atoms with Gasteiger partial charge in [0.25, 0.3) is 0 Å². The van der Waals surface area contributed by atoms with Crippen LogP contribution in [0.5, 0.6) is 0 Å². The summed E-state index contributed by atoms with van der Waals surface area (Å²) < 4.78 is 0. The molecule has 1 heterocycles. The first-order chi connectivity index (χ1) is 6.79. The summed E-state index contributed by atoms with van der Waals surface area (Å²) in [4.78, 5) is 17.3. The molecule has 4 heteroatoms. The summed E-state index contributed by atoms with van der Waals surface area (Å²) >= 11 is 3.26. The minimum Gasteiger partial charge on any atom is -0.313 e. The van der Waals surface area contributed by atoms with Gasteiger partial charge in [0, 0.05) is 36.4 Å². The molecule has 0 spiro atoms. The van der Waals surface area contributed by atoms with Gasteiger partial charge in [-0.3, -0.25) is 9.78 Å². The number of carbonyl (C=O) groups is 1. The number of hydrogen-bond donors (Lipinski definition) is 0. The molecule has 1 aromatic heterocycles. The molecule has 0 fully saturated rings. The van der Waals surface area contributed by atoms with Crippen molar-refractivity contribution < 1.29 is 4.79 Å². The lowest BCUT2D eigenvalue weighted by molar-refractivity contribution is -0.118. The van der Waals surface area contributed by atoms with Crippen molar-refractivity contribution in [2.24, 2.45) is 0 Å². The second kappa shape index (κ2) is 5.75. The second-order valence-electron chi connectivity index (χ2n) is 2.78. The molecule has 0 radical (unpaired) electrons. The Bertz CT molecular complexity index is 289. The summed E-state index contributed by atoms with van der Waals surface area (Å²) in [6, 6.07) is 3.69. The normalized spacial score (nSPS) is 9.86. The van der Waals surface area contributed by atoms with Crippen LogP contribution in [-0.4, -0.2) is 22.8 Å². The lowest BCUT2D eigenvalue weighted by atomic mass is 10.3. The number of aromatic nitrogens is 1. The molecular formula is C10H13BrN2O. The van der Waals surface area contributed by atoms with Gasteiger partial charge in [0.05, 0.1) is 0 Å². The summed E-state index contributed by atoms with van der Waals surface area (Å²) in [6.45, 7) is 2.66. The summed E-state index contributed by atoms with van der Waals surface area (Å²) in [7, 11) is 0. The van der Waals surface area contributed by atoms with Crippen LogP contribution >= 0.6 is 15.9 Å². The minimum atomic E-state index is 0.135. The second-order valence-corrected chi connectivity index (χ2v) is 3.58. The highest BCUT2D eigenvalue weighted by Crippen LogP contribution is 2.13. The van der Waals surface area contributed by atoms with Crippen molar-refractivity contribution in [3.05, 3.63) is 24.5 Å². The number of hydrogen-bond acceptors (Lipinski definition) is 2. The standard InChI is InChI=1S/C10H13BrN2O/c1-2-13(10(14)3-6-11)9-4-7-12-8-5-9/h4-5,7-8H,2-3,6H2,1H3. The third-order valence-corrected chi connectivity index (χ3v) is 2.30. The number of nitrogens with zero attached hydrogens (tertiary/aromatic N) is 2. The number of rotatable bonds is 4. The highest BCUT2D eigenvalue weighted by atomic mass is 79.9. The smallest absolute Gasteiger partial charge is 0.227 e. The van der Waals surface area contributed by atoms with E-state index >= 15 is 0 Å². The molecule has 3 nitrogen and oxygen atoms in total. The van der Waals surface area contributed by atoms with Crippen molar-refractivity contribution in [3.63, 3.8) is 0 Å². The van der Waals surface area contributed by atoms with Gasteiger partial charge in [0.1, 0.15) is 0 Å². The van der Waals surface area contributed by atoms with Crippen molar-refractivity contribution in [3.8, 4) is 0 Å². The molecule has 0 aromatic carbocycles. The Morgan fingerprint density at radius 1 is 1.50 bits per heavy atom. The molecular weight excluding hydrogens is 244 g/mol. The lowest BCUT2D eigenvalue weighted by Gasteiger charge is -2.20. The van der Waals surface area contributed by atoms with Gasteiger partial charge in [-0.2, -0.15) is 0 Å². The Morgan fingerprint density at radius 2 is 2.14 bits per heavy atom. The number of anilines is 1. The third kappa shape index (κ3) is 2.80. The maximum Gasteiger partial charge on any atom is 0.227 e. The summed E-state index contributed by atoms with van der Waals surface area (Å²) in [6.07, 6.45) is 3.91. The zero-order valence-corrected chi connectivity index (χ0v) is 9.70. The molecule has 0 aliphatic heterocycles. The van der Waals surface area contributed by atoms with Crippen molar-refractivity contribution >= 4 is 27.5 Å². The molecule has 0 N–H and O–H groups in total. The molecule has 1 aromatic rings. The largest absolute Gasteiger partial charge is 0.313 e. The number of pyridine rings is 1. The fourth-order valence-corrected chi connectivity index (χ4v) is 1.58. The van der Waals surface area contributed by atoms with Gasteiger partial charge in [0.2, 0.25) is 5.91 Å². The Balaban J connectivity index is 2.77. The molecule has 0 aliphatic rings. The van der Waals surface area contributed by atoms with E-state index in [-0.39, 0.29) is 5.91 Å². The van der Waals surface area contributed by atoms with Gasteiger partial charge in [-0.05, 0) is 19.1 Å². The maximum absolute atomic E-state index is 11.7. The van der Waals surface area contributed by atoms with Gasteiger partial charge in [-0.15, -0.1) is 0 Å². The van der Waals surface area contributed by atoms with Crippen LogP contribution in [0.2, 0.25) is 0 Å². The van der Waals surface area contributed by atoms with Gasteiger partial charge in [-0.1, -0.05) is 15.9 Å². The molecule has 0 bridgehead atoms. The van der Waals surface area contributed by atoms with E-state index in [1.165, 1.54) is 0 Å². The average Bonchev–Trinajstić information content (AvgIpc) is 2.21. The predicted molar refractivity (Wildman–Crippen MR) is 60.7 cm³/mol. The fraction of sp³-hybridized carbons (Fsp3) is 0.400. The number of halogens is 1. The minimum absolute atomic E-state index is 0.135. The van der Waals surface area contributed by atoms with Crippen LogP contribution in [0.3, 0.4) is 0 Å². The molecule has 1 rings (SSSR count). The van der Waals surface area contributed by atoms with Gasteiger partial charge in [-0.25, -0.2) is 0 Å². The van der Waals surface area contributed by atoms with E-state index in [0.29, 0.717) is 18.3 Å². The van der Waals surface area contributed by atoms with Gasteiger partial charge < -0.3 is 4.90 Å². The molecule has 1 amide bonds. The monoisotopic (exact) mass is 256 g/mol. The quantitative estimate of drug-likeness (QED) is 0.775. The lowest BCUT2D eigenvalue weighted by Crippen LogP contribution is -2.30. The van der Waals surface area contributed by atoms with Crippen LogP contribution in [-0.2, 0) is 4.79 Å². The van der Waals surface area contributed by atoms with E-state index in [1.54, 1.807) is 17.3 Å². The van der Waals surface area contributed by atoms with Crippen LogP contribution in [0.25, 0.3) is 0 Å². The molecule has 0 saturated carbocycles. The first-order valence-corrected chi connectivity index (χ1v) is 5.68. The molecule has 0 atom stereocenters. The molecule has 76 valence electrons. The van der Waals surface area contributed by atoms with Crippen LogP contribution in [0.15, 0.2) is 24.5 Å². The highest BCUT2D eigenvalue weighted by molar-refractivity contribution is 9.09. The van der Waals surface area contributed by atoms with Crippen molar-refractivity contribution in [2.45, 2.75) is 13.3 Å². The fourth-order valence-electron chi connectivity index (χ4n) is 1.24. The van der Waals surface area contributed by atoms with Crippen molar-refractivity contribution in [1.29, 1.82) is 0 Å². The first kappa shape index (κ1) is 11.2. The molecule has 0 unspecified atom stereocenters. The van der Waals surface area contributed by atoms with E-state index in [9.17, 15) is 4.79 Å². The topological polar surface area (TPSA) is 33.2 Å². The van der Waals surface area contributed by atoms with Crippen LogP contribution < -0.4 is 4.90 Å². The Morgan fingerprint density at radius 3 is 2.64 bits per heavy atom. The molecule has 0 saturated heterocycles. The van der Waals surface area contributed by atoms with Crippen molar-refractivity contribution in [1.82, 2.24) is 4.98 Å². The number of alkyl halides is 1. The average molecular weight is 257 g/mol. The van der Waals surface area contributed by atoms with Crippen LogP contribution in [0.1, 0.15) is 13.3 Å². The molecule has 14 heavy (non-hydrogen) atoms. The predicted octanol–water partition coefficient (Wildman–Crippen LogP) is 2.22. The maximum atomic E-state index is 11.7. The van der Waals surface area contributed by atoms with Crippen LogP contribution in [0.4, 0.5) is 5.69 Å². The Hall–Kier alpha value is -0.900. The van der Waals surface area contributed by atoms with E-state index < -0.39 is 0 Å². The van der Waals surface area contributed by atoms with Gasteiger partial charge in [0.15, 0.2) is 0 Å². The third-order valence-electron chi connectivity index (χ3n) is 1.90. The van der Waals surface area contributed by atoms with E-state index in [1.807, 2.05) is 19.1 Å². The zero-order chi connectivity index (χ0) is 10.4. The van der Waals surface area contributed by atoms with E-state index in [2.05, 4.69) is 20.9 Å². The van der Waals surface area contributed by atoms with E-state index in [4.69, 9.17) is 0 Å². The SMILES string of the molecule is CCN(C(=O)CCBr)c1ccncc1. The Labute approximate surface area is 92.3 Å². The van der Waals surface area contributed by atoms with Crippen LogP contribution in [0, 0.1) is 0 Å². The Kier molecular flexibility index (Phi) is 4.59.